The third-order valence-electron chi connectivity index (χ3n) is 3.42. The molecule has 2 aromatic rings. The number of rotatable bonds is 6. The van der Waals surface area contributed by atoms with E-state index in [1.165, 1.54) is 10.6 Å². The summed E-state index contributed by atoms with van der Waals surface area (Å²) in [7, 11) is -4.50. The van der Waals surface area contributed by atoms with Crippen molar-refractivity contribution in [2.75, 3.05) is 0 Å². The molecule has 0 saturated carbocycles. The normalized spacial score (nSPS) is 11.6. The minimum atomic E-state index is -4.50. The summed E-state index contributed by atoms with van der Waals surface area (Å²) >= 11 is 0. The SMILES string of the molecule is CCC[n+]1ccc(-c2cc[n+](CCC)c(S(=O)(=O)[O-])c2)cc1. The van der Waals surface area contributed by atoms with Crippen LogP contribution in [0.5, 0.6) is 0 Å². The Morgan fingerprint density at radius 2 is 1.55 bits per heavy atom. The van der Waals surface area contributed by atoms with Gasteiger partial charge in [-0.05, 0) is 11.1 Å². The fourth-order valence-corrected chi connectivity index (χ4v) is 3.10. The van der Waals surface area contributed by atoms with Crippen LogP contribution in [-0.2, 0) is 23.2 Å². The standard InChI is InChI=1S/C16H21N2O3S/c1-3-8-17-10-5-14(6-11-17)15-7-12-18(9-4-2)16(13-15)22(19,20)21/h5-7,10-13H,3-4,8-9H2,1-2H3/q+1. The van der Waals surface area contributed by atoms with Gasteiger partial charge in [0.05, 0.1) is 0 Å². The van der Waals surface area contributed by atoms with Crippen molar-refractivity contribution >= 4 is 10.1 Å². The average Bonchev–Trinajstić information content (AvgIpc) is 2.48. The lowest BCUT2D eigenvalue weighted by molar-refractivity contribution is -0.733. The highest BCUT2D eigenvalue weighted by molar-refractivity contribution is 7.85. The van der Waals surface area contributed by atoms with Crippen LogP contribution in [0, 0.1) is 0 Å². The monoisotopic (exact) mass is 321 g/mol. The van der Waals surface area contributed by atoms with E-state index in [0.717, 1.165) is 30.5 Å². The number of hydrogen-bond donors (Lipinski definition) is 0. The number of hydrogen-bond acceptors (Lipinski definition) is 3. The predicted octanol–water partition coefficient (Wildman–Crippen LogP) is 1.65. The van der Waals surface area contributed by atoms with Gasteiger partial charge in [-0.15, -0.1) is 0 Å². The Kier molecular flexibility index (Phi) is 5.26. The molecule has 5 nitrogen and oxygen atoms in total. The van der Waals surface area contributed by atoms with Gasteiger partial charge in [0.25, 0.3) is 5.03 Å². The topological polar surface area (TPSA) is 65.0 Å². The molecule has 0 atom stereocenters. The van der Waals surface area contributed by atoms with Crippen molar-refractivity contribution < 1.29 is 22.1 Å². The molecule has 2 rings (SSSR count). The molecule has 0 aromatic carbocycles. The molecule has 0 N–H and O–H groups in total. The zero-order valence-corrected chi connectivity index (χ0v) is 13.7. The third kappa shape index (κ3) is 3.90. The van der Waals surface area contributed by atoms with Gasteiger partial charge in [0.2, 0.25) is 0 Å². The van der Waals surface area contributed by atoms with Crippen molar-refractivity contribution in [3.05, 3.63) is 42.9 Å². The van der Waals surface area contributed by atoms with Gasteiger partial charge in [0.15, 0.2) is 28.7 Å². The summed E-state index contributed by atoms with van der Waals surface area (Å²) in [6, 6.07) is 7.15. The minimum Gasteiger partial charge on any atom is -0.740 e. The Hall–Kier alpha value is -1.79. The number of aryl methyl sites for hydroxylation is 2. The van der Waals surface area contributed by atoms with E-state index in [2.05, 4.69) is 11.5 Å². The van der Waals surface area contributed by atoms with Crippen LogP contribution in [0.25, 0.3) is 11.1 Å². The zero-order chi connectivity index (χ0) is 16.2. The van der Waals surface area contributed by atoms with Crippen LogP contribution in [-0.4, -0.2) is 13.0 Å². The Labute approximate surface area is 131 Å². The van der Waals surface area contributed by atoms with Gasteiger partial charge in [-0.3, -0.25) is 0 Å². The minimum absolute atomic E-state index is 0.183. The lowest BCUT2D eigenvalue weighted by atomic mass is 10.1. The Morgan fingerprint density at radius 1 is 0.955 bits per heavy atom. The first-order chi connectivity index (χ1) is 10.5. The van der Waals surface area contributed by atoms with Crippen molar-refractivity contribution in [2.45, 2.75) is 44.8 Å². The summed E-state index contributed by atoms with van der Waals surface area (Å²) in [4.78, 5) is 0. The van der Waals surface area contributed by atoms with Crippen molar-refractivity contribution in [1.29, 1.82) is 0 Å². The summed E-state index contributed by atoms with van der Waals surface area (Å²) in [5.74, 6) is 0. The summed E-state index contributed by atoms with van der Waals surface area (Å²) in [6.45, 7) is 5.48. The first-order valence-corrected chi connectivity index (χ1v) is 8.85. The van der Waals surface area contributed by atoms with E-state index < -0.39 is 10.1 Å². The number of nitrogens with zero attached hydrogens (tertiary/aromatic N) is 2. The molecule has 0 aliphatic rings. The largest absolute Gasteiger partial charge is 0.740 e. The van der Waals surface area contributed by atoms with Gasteiger partial charge in [0, 0.05) is 37.1 Å². The van der Waals surface area contributed by atoms with Crippen molar-refractivity contribution in [1.82, 2.24) is 0 Å². The summed E-state index contributed by atoms with van der Waals surface area (Å²) < 4.78 is 38.0. The maximum Gasteiger partial charge on any atom is 0.285 e. The molecule has 0 radical (unpaired) electrons. The fraction of sp³-hybridized carbons (Fsp3) is 0.375. The molecular formula is C16H21N2O3S+. The van der Waals surface area contributed by atoms with E-state index in [-0.39, 0.29) is 5.03 Å². The highest BCUT2D eigenvalue weighted by Gasteiger charge is 2.18. The van der Waals surface area contributed by atoms with Crippen LogP contribution in [0.15, 0.2) is 47.9 Å². The Balaban J connectivity index is 2.44. The molecule has 0 saturated heterocycles. The molecule has 0 amide bonds. The van der Waals surface area contributed by atoms with Crippen molar-refractivity contribution in [3.63, 3.8) is 0 Å². The molecule has 0 fully saturated rings. The first kappa shape index (κ1) is 16.6. The maximum absolute atomic E-state index is 11.5. The molecule has 22 heavy (non-hydrogen) atoms. The molecule has 2 heterocycles. The van der Waals surface area contributed by atoms with Crippen LogP contribution in [0.1, 0.15) is 26.7 Å². The van der Waals surface area contributed by atoms with Gasteiger partial charge < -0.3 is 4.55 Å². The summed E-state index contributed by atoms with van der Waals surface area (Å²) in [5.41, 5.74) is 1.62. The van der Waals surface area contributed by atoms with E-state index in [9.17, 15) is 13.0 Å². The van der Waals surface area contributed by atoms with Crippen LogP contribution in [0.4, 0.5) is 0 Å². The van der Waals surface area contributed by atoms with Gasteiger partial charge in [0.1, 0.15) is 13.1 Å². The maximum atomic E-state index is 11.5. The molecule has 0 unspecified atom stereocenters. The summed E-state index contributed by atoms with van der Waals surface area (Å²) in [5, 5.41) is -0.183. The van der Waals surface area contributed by atoms with Crippen LogP contribution >= 0.6 is 0 Å². The molecule has 6 heteroatoms. The van der Waals surface area contributed by atoms with E-state index >= 15 is 0 Å². The van der Waals surface area contributed by atoms with Gasteiger partial charge in [-0.2, -0.15) is 4.57 Å². The van der Waals surface area contributed by atoms with E-state index in [1.807, 2.05) is 37.5 Å². The molecule has 2 aromatic heterocycles. The first-order valence-electron chi connectivity index (χ1n) is 7.44. The van der Waals surface area contributed by atoms with E-state index in [0.29, 0.717) is 6.54 Å². The second kappa shape index (κ2) is 6.98. The number of aromatic nitrogens is 2. The molecule has 0 aliphatic carbocycles. The average molecular weight is 321 g/mol. The molecule has 0 spiro atoms. The lowest BCUT2D eigenvalue weighted by Crippen LogP contribution is -2.39. The second-order valence-electron chi connectivity index (χ2n) is 5.23. The molecule has 0 aliphatic heterocycles. The van der Waals surface area contributed by atoms with Gasteiger partial charge >= 0.3 is 0 Å². The zero-order valence-electron chi connectivity index (χ0n) is 12.9. The Morgan fingerprint density at radius 3 is 2.09 bits per heavy atom. The molecule has 0 bridgehead atoms. The summed E-state index contributed by atoms with van der Waals surface area (Å²) in [6.07, 6.45) is 7.38. The van der Waals surface area contributed by atoms with Crippen LogP contribution in [0.2, 0.25) is 0 Å². The molecule has 118 valence electrons. The number of pyridine rings is 2. The van der Waals surface area contributed by atoms with Crippen molar-refractivity contribution in [3.8, 4) is 11.1 Å². The quantitative estimate of drug-likeness (QED) is 0.600. The van der Waals surface area contributed by atoms with Gasteiger partial charge in [-0.1, -0.05) is 13.8 Å². The van der Waals surface area contributed by atoms with Gasteiger partial charge in [-0.25, -0.2) is 13.0 Å². The fourth-order valence-electron chi connectivity index (χ4n) is 2.39. The third-order valence-corrected chi connectivity index (χ3v) is 4.29. The lowest BCUT2D eigenvalue weighted by Gasteiger charge is -2.09. The molecular weight excluding hydrogens is 300 g/mol. The van der Waals surface area contributed by atoms with Crippen LogP contribution in [0.3, 0.4) is 0 Å². The van der Waals surface area contributed by atoms with E-state index in [1.54, 1.807) is 6.20 Å². The highest BCUT2D eigenvalue weighted by atomic mass is 32.2. The predicted molar refractivity (Wildman–Crippen MR) is 80.8 cm³/mol. The second-order valence-corrected chi connectivity index (χ2v) is 6.55. The van der Waals surface area contributed by atoms with Crippen LogP contribution < -0.4 is 9.13 Å². The Bertz CT molecular complexity index is 740. The van der Waals surface area contributed by atoms with Crippen molar-refractivity contribution in [2.24, 2.45) is 0 Å². The highest BCUT2D eigenvalue weighted by Crippen LogP contribution is 2.19. The van der Waals surface area contributed by atoms with E-state index in [4.69, 9.17) is 0 Å². The smallest absolute Gasteiger partial charge is 0.285 e.